The molecule has 2 heteroatoms. The zero-order valence-corrected chi connectivity index (χ0v) is 9.21. The lowest BCUT2D eigenvalue weighted by Gasteiger charge is -2.19. The Labute approximate surface area is 86.1 Å². The van der Waals surface area contributed by atoms with Gasteiger partial charge in [0.2, 0.25) is 0 Å². The minimum absolute atomic E-state index is 0.275. The van der Waals surface area contributed by atoms with Crippen molar-refractivity contribution in [1.29, 1.82) is 0 Å². The summed E-state index contributed by atoms with van der Waals surface area (Å²) in [4.78, 5) is 0. The van der Waals surface area contributed by atoms with Crippen molar-refractivity contribution < 1.29 is 4.74 Å². The normalized spacial score (nSPS) is 11.4. The monoisotopic (exact) mass is 193 g/mol. The summed E-state index contributed by atoms with van der Waals surface area (Å²) in [6.07, 6.45) is 1.03. The Morgan fingerprint density at radius 1 is 1.21 bits per heavy atom. The molecule has 0 atom stereocenters. The topological polar surface area (TPSA) is 35.2 Å². The van der Waals surface area contributed by atoms with Gasteiger partial charge in [-0.25, -0.2) is 0 Å². The first-order valence-electron chi connectivity index (χ1n) is 5.06. The van der Waals surface area contributed by atoms with Crippen molar-refractivity contribution in [3.63, 3.8) is 0 Å². The second kappa shape index (κ2) is 4.47. The van der Waals surface area contributed by atoms with Gasteiger partial charge in [-0.15, -0.1) is 0 Å². The quantitative estimate of drug-likeness (QED) is 0.798. The molecule has 0 unspecified atom stereocenters. The van der Waals surface area contributed by atoms with Crippen molar-refractivity contribution in [3.8, 4) is 5.75 Å². The lowest BCUT2D eigenvalue weighted by atomic mass is 9.96. The Morgan fingerprint density at radius 2 is 1.79 bits per heavy atom. The zero-order chi connectivity index (χ0) is 10.6. The first-order valence-corrected chi connectivity index (χ1v) is 5.06. The molecule has 2 N–H and O–H groups in total. The van der Waals surface area contributed by atoms with Crippen LogP contribution in [0, 0.1) is 0 Å². The molecule has 0 saturated heterocycles. The predicted octanol–water partition coefficient (Wildman–Crippen LogP) is 2.67. The molecule has 0 heterocycles. The summed E-state index contributed by atoms with van der Waals surface area (Å²) in [7, 11) is 0. The molecule has 0 bridgehead atoms. The molecule has 0 fully saturated rings. The first-order chi connectivity index (χ1) is 6.54. The van der Waals surface area contributed by atoms with Gasteiger partial charge in [-0.1, -0.05) is 19.1 Å². The van der Waals surface area contributed by atoms with Crippen LogP contribution in [0.5, 0.6) is 5.75 Å². The fraction of sp³-hybridized carbons (Fsp3) is 0.500. The van der Waals surface area contributed by atoms with E-state index >= 15 is 0 Å². The number of hydrogen-bond acceptors (Lipinski definition) is 2. The van der Waals surface area contributed by atoms with Gasteiger partial charge in [0.1, 0.15) is 5.75 Å². The maximum Gasteiger partial charge on any atom is 0.119 e. The first kappa shape index (κ1) is 11.1. The van der Waals surface area contributed by atoms with Crippen LogP contribution in [-0.4, -0.2) is 6.61 Å². The van der Waals surface area contributed by atoms with Crippen molar-refractivity contribution in [3.05, 3.63) is 29.8 Å². The van der Waals surface area contributed by atoms with Crippen LogP contribution in [0.25, 0.3) is 0 Å². The highest BCUT2D eigenvalue weighted by molar-refractivity contribution is 5.30. The van der Waals surface area contributed by atoms with E-state index in [1.807, 2.05) is 38.1 Å². The molecule has 0 aliphatic rings. The van der Waals surface area contributed by atoms with Crippen molar-refractivity contribution >= 4 is 0 Å². The summed E-state index contributed by atoms with van der Waals surface area (Å²) in [5, 5.41) is 0. The van der Waals surface area contributed by atoms with Gasteiger partial charge in [0.15, 0.2) is 0 Å². The number of nitrogens with two attached hydrogens (primary N) is 1. The largest absolute Gasteiger partial charge is 0.494 e. The van der Waals surface area contributed by atoms with Gasteiger partial charge in [-0.2, -0.15) is 0 Å². The maximum atomic E-state index is 5.97. The van der Waals surface area contributed by atoms with Gasteiger partial charge in [-0.05, 0) is 38.0 Å². The molecule has 14 heavy (non-hydrogen) atoms. The number of benzene rings is 1. The Kier molecular flexibility index (Phi) is 3.53. The third kappa shape index (κ3) is 3.04. The molecule has 78 valence electrons. The molecule has 1 aromatic carbocycles. The second-order valence-corrected chi connectivity index (χ2v) is 4.09. The van der Waals surface area contributed by atoms with E-state index in [4.69, 9.17) is 10.5 Å². The summed E-state index contributed by atoms with van der Waals surface area (Å²) in [5.74, 6) is 0.917. The minimum atomic E-state index is -0.275. The Hall–Kier alpha value is -1.02. The van der Waals surface area contributed by atoms with Crippen molar-refractivity contribution in [2.45, 2.75) is 32.7 Å². The highest BCUT2D eigenvalue weighted by Gasteiger charge is 2.13. The van der Waals surface area contributed by atoms with E-state index in [1.165, 1.54) is 0 Å². The van der Waals surface area contributed by atoms with E-state index in [2.05, 4.69) is 6.92 Å². The fourth-order valence-electron chi connectivity index (χ4n) is 1.20. The average Bonchev–Trinajstić information content (AvgIpc) is 2.14. The summed E-state index contributed by atoms with van der Waals surface area (Å²) in [5.41, 5.74) is 6.82. The third-order valence-electron chi connectivity index (χ3n) is 2.07. The summed E-state index contributed by atoms with van der Waals surface area (Å²) in [6.45, 7) is 6.85. The molecule has 2 nitrogen and oxygen atoms in total. The second-order valence-electron chi connectivity index (χ2n) is 4.09. The Bertz CT molecular complexity index is 271. The van der Waals surface area contributed by atoms with Crippen LogP contribution in [0.3, 0.4) is 0 Å². The van der Waals surface area contributed by atoms with Gasteiger partial charge in [-0.3, -0.25) is 0 Å². The predicted molar refractivity (Wildman–Crippen MR) is 59.4 cm³/mol. The number of rotatable bonds is 4. The average molecular weight is 193 g/mol. The van der Waals surface area contributed by atoms with Gasteiger partial charge >= 0.3 is 0 Å². The van der Waals surface area contributed by atoms with E-state index in [1.54, 1.807) is 0 Å². The van der Waals surface area contributed by atoms with Crippen LogP contribution in [0.2, 0.25) is 0 Å². The number of hydrogen-bond donors (Lipinski definition) is 1. The van der Waals surface area contributed by atoms with Gasteiger partial charge in [0.05, 0.1) is 6.61 Å². The molecule has 0 aliphatic heterocycles. The molecular weight excluding hydrogens is 174 g/mol. The zero-order valence-electron chi connectivity index (χ0n) is 9.21. The van der Waals surface area contributed by atoms with E-state index in [0.717, 1.165) is 24.3 Å². The molecule has 1 aromatic rings. The van der Waals surface area contributed by atoms with Crippen molar-refractivity contribution in [1.82, 2.24) is 0 Å². The molecule has 0 aliphatic carbocycles. The van der Waals surface area contributed by atoms with Crippen LogP contribution >= 0.6 is 0 Å². The lowest BCUT2D eigenvalue weighted by Crippen LogP contribution is -2.28. The van der Waals surface area contributed by atoms with E-state index in [-0.39, 0.29) is 5.54 Å². The van der Waals surface area contributed by atoms with Crippen LogP contribution in [0.4, 0.5) is 0 Å². The summed E-state index contributed by atoms with van der Waals surface area (Å²) >= 11 is 0. The summed E-state index contributed by atoms with van der Waals surface area (Å²) in [6, 6.07) is 7.98. The Balaban J connectivity index is 2.69. The van der Waals surface area contributed by atoms with E-state index in [9.17, 15) is 0 Å². The van der Waals surface area contributed by atoms with Gasteiger partial charge in [0.25, 0.3) is 0 Å². The molecule has 0 spiro atoms. The third-order valence-corrected chi connectivity index (χ3v) is 2.07. The van der Waals surface area contributed by atoms with Crippen molar-refractivity contribution in [2.24, 2.45) is 5.73 Å². The number of ether oxygens (including phenoxy) is 1. The maximum absolute atomic E-state index is 5.97. The fourth-order valence-corrected chi connectivity index (χ4v) is 1.20. The van der Waals surface area contributed by atoms with Crippen LogP contribution < -0.4 is 10.5 Å². The molecular formula is C12H19NO. The standard InChI is InChI=1S/C12H19NO/c1-4-9-14-11-7-5-10(6-8-11)12(2,3)13/h5-8H,4,9,13H2,1-3H3. The van der Waals surface area contributed by atoms with Gasteiger partial charge in [0, 0.05) is 5.54 Å². The van der Waals surface area contributed by atoms with Crippen LogP contribution in [-0.2, 0) is 5.54 Å². The van der Waals surface area contributed by atoms with Crippen LogP contribution in [0.15, 0.2) is 24.3 Å². The molecule has 0 radical (unpaired) electrons. The SMILES string of the molecule is CCCOc1ccc(C(C)(C)N)cc1. The minimum Gasteiger partial charge on any atom is -0.494 e. The lowest BCUT2D eigenvalue weighted by molar-refractivity contribution is 0.317. The Morgan fingerprint density at radius 3 is 2.21 bits per heavy atom. The van der Waals surface area contributed by atoms with E-state index in [0.29, 0.717) is 0 Å². The van der Waals surface area contributed by atoms with Crippen LogP contribution in [0.1, 0.15) is 32.8 Å². The van der Waals surface area contributed by atoms with Gasteiger partial charge < -0.3 is 10.5 Å². The molecule has 0 aromatic heterocycles. The highest BCUT2D eigenvalue weighted by atomic mass is 16.5. The molecule has 1 rings (SSSR count). The summed E-state index contributed by atoms with van der Waals surface area (Å²) < 4.78 is 5.48. The van der Waals surface area contributed by atoms with E-state index < -0.39 is 0 Å². The molecule has 0 amide bonds. The molecule has 0 saturated carbocycles. The highest BCUT2D eigenvalue weighted by Crippen LogP contribution is 2.20. The smallest absolute Gasteiger partial charge is 0.119 e. The van der Waals surface area contributed by atoms with Crippen molar-refractivity contribution in [2.75, 3.05) is 6.61 Å².